The first-order valence-corrected chi connectivity index (χ1v) is 4.97. The van der Waals surface area contributed by atoms with Gasteiger partial charge in [0.2, 0.25) is 0 Å². The van der Waals surface area contributed by atoms with Crippen molar-refractivity contribution in [1.82, 2.24) is 0 Å². The number of ketones is 1. The Morgan fingerprint density at radius 1 is 1.27 bits per heavy atom. The Kier molecular flexibility index (Phi) is 4.84. The van der Waals surface area contributed by atoms with Crippen LogP contribution in [0.3, 0.4) is 0 Å². The van der Waals surface area contributed by atoms with Crippen LogP contribution in [0, 0.1) is 0 Å². The maximum Gasteiger partial charge on any atom is 0.163 e. The number of benzene rings is 1. The second kappa shape index (κ2) is 6.19. The molecule has 1 aromatic carbocycles. The van der Waals surface area contributed by atoms with E-state index in [2.05, 4.69) is 0 Å². The molecule has 3 nitrogen and oxygen atoms in total. The van der Waals surface area contributed by atoms with E-state index in [9.17, 15) is 4.79 Å². The van der Waals surface area contributed by atoms with Gasteiger partial charge in [-0.2, -0.15) is 0 Å². The number of rotatable bonds is 6. The highest BCUT2D eigenvalue weighted by Crippen LogP contribution is 2.18. The highest BCUT2D eigenvalue weighted by Gasteiger charge is 2.06. The summed E-state index contributed by atoms with van der Waals surface area (Å²) in [6, 6.07) is 7.27. The van der Waals surface area contributed by atoms with Crippen molar-refractivity contribution in [2.75, 3.05) is 20.3 Å². The smallest absolute Gasteiger partial charge is 0.163 e. The number of hydrogen-bond acceptors (Lipinski definition) is 3. The first kappa shape index (κ1) is 11.7. The monoisotopic (exact) mass is 208 g/mol. The van der Waals surface area contributed by atoms with Crippen LogP contribution in [0.25, 0.3) is 0 Å². The molecule has 0 fully saturated rings. The van der Waals surface area contributed by atoms with Crippen molar-refractivity contribution in [3.8, 4) is 5.75 Å². The highest BCUT2D eigenvalue weighted by atomic mass is 16.5. The summed E-state index contributed by atoms with van der Waals surface area (Å²) in [5.74, 6) is 0.679. The van der Waals surface area contributed by atoms with E-state index in [1.165, 1.54) is 6.92 Å². The van der Waals surface area contributed by atoms with Crippen molar-refractivity contribution in [2.45, 2.75) is 13.3 Å². The molecule has 0 atom stereocenters. The highest BCUT2D eigenvalue weighted by molar-refractivity contribution is 5.96. The van der Waals surface area contributed by atoms with Crippen LogP contribution < -0.4 is 4.74 Å². The third kappa shape index (κ3) is 3.72. The summed E-state index contributed by atoms with van der Waals surface area (Å²) in [7, 11) is 1.66. The molecule has 0 aromatic heterocycles. The van der Waals surface area contributed by atoms with Gasteiger partial charge in [0.25, 0.3) is 0 Å². The van der Waals surface area contributed by atoms with Crippen LogP contribution in [-0.4, -0.2) is 26.1 Å². The van der Waals surface area contributed by atoms with Crippen LogP contribution in [0.1, 0.15) is 23.7 Å². The minimum Gasteiger partial charge on any atom is -0.493 e. The molecule has 0 spiro atoms. The molecule has 0 bridgehead atoms. The fraction of sp³-hybridized carbons (Fsp3) is 0.417. The average molecular weight is 208 g/mol. The fourth-order valence-electron chi connectivity index (χ4n) is 1.27. The number of carbonyl (C=O) groups excluding carboxylic acids is 1. The fourth-order valence-corrected chi connectivity index (χ4v) is 1.27. The summed E-state index contributed by atoms with van der Waals surface area (Å²) in [6.45, 7) is 2.78. The number of methoxy groups -OCH3 is 1. The lowest BCUT2D eigenvalue weighted by molar-refractivity contribution is 0.101. The lowest BCUT2D eigenvalue weighted by Gasteiger charge is -2.08. The van der Waals surface area contributed by atoms with Crippen LogP contribution in [-0.2, 0) is 4.74 Å². The second-order valence-electron chi connectivity index (χ2n) is 3.25. The van der Waals surface area contributed by atoms with Gasteiger partial charge in [-0.1, -0.05) is 12.1 Å². The molecule has 0 unspecified atom stereocenters. The number of Topliss-reactive ketones (excluding diaryl/α,β-unsaturated/α-hetero) is 1. The minimum atomic E-state index is 0.0253. The third-order valence-corrected chi connectivity index (χ3v) is 2.02. The Hall–Kier alpha value is -1.35. The normalized spacial score (nSPS) is 10.0. The quantitative estimate of drug-likeness (QED) is 0.531. The van der Waals surface area contributed by atoms with E-state index in [-0.39, 0.29) is 5.78 Å². The van der Waals surface area contributed by atoms with Crippen molar-refractivity contribution >= 4 is 5.78 Å². The standard InChI is InChI=1S/C12H16O3/c1-10(13)11-6-3-4-7-12(11)15-9-5-8-14-2/h3-4,6-7H,5,8-9H2,1-2H3. The minimum absolute atomic E-state index is 0.0253. The number of carbonyl (C=O) groups is 1. The summed E-state index contributed by atoms with van der Waals surface area (Å²) >= 11 is 0. The first-order valence-electron chi connectivity index (χ1n) is 4.97. The maximum atomic E-state index is 11.3. The van der Waals surface area contributed by atoms with Crippen molar-refractivity contribution in [2.24, 2.45) is 0 Å². The topological polar surface area (TPSA) is 35.5 Å². The van der Waals surface area contributed by atoms with Gasteiger partial charge in [0.15, 0.2) is 5.78 Å². The van der Waals surface area contributed by atoms with Crippen molar-refractivity contribution < 1.29 is 14.3 Å². The lowest BCUT2D eigenvalue weighted by atomic mass is 10.1. The van der Waals surface area contributed by atoms with Gasteiger partial charge in [0.05, 0.1) is 12.2 Å². The van der Waals surface area contributed by atoms with E-state index in [4.69, 9.17) is 9.47 Å². The Labute approximate surface area is 90.0 Å². The molecular formula is C12H16O3. The molecule has 0 aliphatic rings. The predicted molar refractivity (Wildman–Crippen MR) is 58.4 cm³/mol. The van der Waals surface area contributed by atoms with Gasteiger partial charge in [0.1, 0.15) is 5.75 Å². The van der Waals surface area contributed by atoms with Gasteiger partial charge in [-0.3, -0.25) is 4.79 Å². The molecule has 15 heavy (non-hydrogen) atoms. The van der Waals surface area contributed by atoms with Gasteiger partial charge in [-0.25, -0.2) is 0 Å². The zero-order valence-electron chi connectivity index (χ0n) is 9.16. The van der Waals surface area contributed by atoms with Gasteiger partial charge < -0.3 is 9.47 Å². The van der Waals surface area contributed by atoms with Crippen LogP contribution in [0.4, 0.5) is 0 Å². The summed E-state index contributed by atoms with van der Waals surface area (Å²) < 4.78 is 10.4. The molecule has 82 valence electrons. The lowest BCUT2D eigenvalue weighted by Crippen LogP contribution is -2.04. The Balaban J connectivity index is 2.56. The van der Waals surface area contributed by atoms with E-state index < -0.39 is 0 Å². The second-order valence-corrected chi connectivity index (χ2v) is 3.25. The molecule has 0 heterocycles. The van der Waals surface area contributed by atoms with Crippen molar-refractivity contribution in [3.63, 3.8) is 0 Å². The molecule has 0 radical (unpaired) electrons. The van der Waals surface area contributed by atoms with E-state index in [0.717, 1.165) is 6.42 Å². The van der Waals surface area contributed by atoms with Gasteiger partial charge in [0, 0.05) is 20.1 Å². The van der Waals surface area contributed by atoms with Gasteiger partial charge in [-0.15, -0.1) is 0 Å². The van der Waals surface area contributed by atoms with Crippen LogP contribution in [0.15, 0.2) is 24.3 Å². The molecule has 0 aliphatic carbocycles. The molecule has 1 rings (SSSR count). The zero-order valence-corrected chi connectivity index (χ0v) is 9.16. The van der Waals surface area contributed by atoms with E-state index in [1.807, 2.05) is 18.2 Å². The largest absolute Gasteiger partial charge is 0.493 e. The molecule has 3 heteroatoms. The first-order chi connectivity index (χ1) is 7.25. The van der Waals surface area contributed by atoms with Crippen LogP contribution in [0.5, 0.6) is 5.75 Å². The zero-order chi connectivity index (χ0) is 11.1. The molecule has 1 aromatic rings. The molecule has 0 amide bonds. The number of hydrogen-bond donors (Lipinski definition) is 0. The summed E-state index contributed by atoms with van der Waals surface area (Å²) in [5.41, 5.74) is 0.634. The third-order valence-electron chi connectivity index (χ3n) is 2.02. The van der Waals surface area contributed by atoms with Gasteiger partial charge >= 0.3 is 0 Å². The summed E-state index contributed by atoms with van der Waals surface area (Å²) in [6.07, 6.45) is 0.822. The number of ether oxygens (including phenoxy) is 2. The Morgan fingerprint density at radius 2 is 2.00 bits per heavy atom. The van der Waals surface area contributed by atoms with Crippen molar-refractivity contribution in [3.05, 3.63) is 29.8 Å². The molecule has 0 saturated carbocycles. The van der Waals surface area contributed by atoms with E-state index in [0.29, 0.717) is 24.5 Å². The summed E-state index contributed by atoms with van der Waals surface area (Å²) in [5, 5.41) is 0. The maximum absolute atomic E-state index is 11.3. The van der Waals surface area contributed by atoms with Crippen LogP contribution >= 0.6 is 0 Å². The number of para-hydroxylation sites is 1. The van der Waals surface area contributed by atoms with Crippen LogP contribution in [0.2, 0.25) is 0 Å². The molecule has 0 aliphatic heterocycles. The van der Waals surface area contributed by atoms with E-state index >= 15 is 0 Å². The SMILES string of the molecule is COCCCOc1ccccc1C(C)=O. The van der Waals surface area contributed by atoms with E-state index in [1.54, 1.807) is 13.2 Å². The predicted octanol–water partition coefficient (Wildman–Crippen LogP) is 2.30. The molecule has 0 saturated heterocycles. The van der Waals surface area contributed by atoms with Crippen molar-refractivity contribution in [1.29, 1.82) is 0 Å². The molecular weight excluding hydrogens is 192 g/mol. The summed E-state index contributed by atoms with van der Waals surface area (Å²) in [4.78, 5) is 11.3. The van der Waals surface area contributed by atoms with Gasteiger partial charge in [-0.05, 0) is 19.1 Å². The Morgan fingerprint density at radius 3 is 2.67 bits per heavy atom. The Bertz CT molecular complexity index is 320. The average Bonchev–Trinajstić information content (AvgIpc) is 2.25. The molecule has 0 N–H and O–H groups in total.